The Morgan fingerprint density at radius 2 is 2.00 bits per heavy atom. The van der Waals surface area contributed by atoms with E-state index >= 15 is 0 Å². The van der Waals surface area contributed by atoms with Gasteiger partial charge in [0.15, 0.2) is 0 Å². The Morgan fingerprint density at radius 3 is 2.47 bits per heavy atom. The third kappa shape index (κ3) is 5.39. The van der Waals surface area contributed by atoms with Crippen LogP contribution in [0.5, 0.6) is 0 Å². The molecular weight excluding hydrogens is 305 g/mol. The van der Waals surface area contributed by atoms with Crippen molar-refractivity contribution in [3.63, 3.8) is 0 Å². The summed E-state index contributed by atoms with van der Waals surface area (Å²) in [4.78, 5) is 22.1. The van der Waals surface area contributed by atoms with Gasteiger partial charge in [-0.05, 0) is 30.0 Å². The molecule has 0 atom stereocenters. The molecule has 3 N–H and O–H groups in total. The highest BCUT2D eigenvalue weighted by atomic mass is 35.5. The number of benzene rings is 1. The molecule has 0 saturated carbocycles. The third-order valence-electron chi connectivity index (χ3n) is 1.89. The van der Waals surface area contributed by atoms with E-state index in [0.717, 1.165) is 0 Å². The summed E-state index contributed by atoms with van der Waals surface area (Å²) in [7, 11) is 0. The predicted octanol–water partition coefficient (Wildman–Crippen LogP) is 2.63. The van der Waals surface area contributed by atoms with Crippen LogP contribution < -0.4 is 11.1 Å². The summed E-state index contributed by atoms with van der Waals surface area (Å²) in [5, 5.41) is 2.23. The van der Waals surface area contributed by atoms with Gasteiger partial charge in [0.25, 0.3) is 0 Å². The average molecular weight is 313 g/mol. The lowest BCUT2D eigenvalue weighted by Gasteiger charge is -2.08. The Balaban J connectivity index is 2.65. The summed E-state index contributed by atoms with van der Waals surface area (Å²) < 4.78 is 35.6. The lowest BCUT2D eigenvalue weighted by atomic mass is 10.2. The Morgan fingerprint density at radius 1 is 1.37 bits per heavy atom. The average Bonchev–Trinajstić information content (AvgIpc) is 2.25. The largest absolute Gasteiger partial charge is 0.442 e. The molecule has 9 heteroatoms. The molecule has 0 unspecified atom stereocenters. The molecule has 1 rings (SSSR count). The van der Waals surface area contributed by atoms with E-state index in [0.29, 0.717) is 0 Å². The van der Waals surface area contributed by atoms with Crippen molar-refractivity contribution in [1.29, 1.82) is 0 Å². The number of hydrogen-bond donors (Lipinski definition) is 2. The minimum absolute atomic E-state index is 0.00812. The monoisotopic (exact) mass is 312 g/mol. The second-order valence-corrected chi connectivity index (χ2v) is 4.79. The fourth-order valence-electron chi connectivity index (χ4n) is 1.14. The Bertz CT molecular complexity index is 508. The van der Waals surface area contributed by atoms with Crippen molar-refractivity contribution < 1.29 is 22.8 Å². The maximum absolute atomic E-state index is 11.9. The number of carbonyl (C=O) groups is 2. The van der Waals surface area contributed by atoms with Crippen LogP contribution in [-0.4, -0.2) is 23.1 Å². The maximum atomic E-state index is 11.9. The van der Waals surface area contributed by atoms with Crippen molar-refractivity contribution in [2.75, 3.05) is 11.1 Å². The van der Waals surface area contributed by atoms with E-state index in [2.05, 4.69) is 5.32 Å². The molecule has 2 amide bonds. The van der Waals surface area contributed by atoms with Gasteiger partial charge in [0.1, 0.15) is 0 Å². The van der Waals surface area contributed by atoms with Gasteiger partial charge in [-0.1, -0.05) is 11.6 Å². The predicted molar refractivity (Wildman–Crippen MR) is 67.1 cm³/mol. The SMILES string of the molecule is NC(=O)c1ccc(NC(=O)CSC(F)(F)F)cc1Cl. The zero-order valence-electron chi connectivity index (χ0n) is 9.25. The smallest absolute Gasteiger partial charge is 0.366 e. The molecule has 0 aromatic heterocycles. The molecule has 104 valence electrons. The van der Waals surface area contributed by atoms with Gasteiger partial charge in [-0.25, -0.2) is 0 Å². The van der Waals surface area contributed by atoms with Gasteiger partial charge < -0.3 is 11.1 Å². The molecule has 0 radical (unpaired) electrons. The number of nitrogens with two attached hydrogens (primary N) is 1. The van der Waals surface area contributed by atoms with Gasteiger partial charge in [-0.15, -0.1) is 0 Å². The van der Waals surface area contributed by atoms with Crippen molar-refractivity contribution in [3.05, 3.63) is 28.8 Å². The highest BCUT2D eigenvalue weighted by Crippen LogP contribution is 2.30. The minimum Gasteiger partial charge on any atom is -0.366 e. The Labute approximate surface area is 115 Å². The molecule has 0 spiro atoms. The number of primary amides is 1. The summed E-state index contributed by atoms with van der Waals surface area (Å²) in [6.07, 6.45) is 0. The first kappa shape index (κ1) is 15.6. The first-order valence-corrected chi connectivity index (χ1v) is 6.15. The number of alkyl halides is 3. The van der Waals surface area contributed by atoms with Crippen molar-refractivity contribution in [2.24, 2.45) is 5.73 Å². The molecule has 0 saturated heterocycles. The number of anilines is 1. The van der Waals surface area contributed by atoms with E-state index in [1.54, 1.807) is 0 Å². The van der Waals surface area contributed by atoms with Crippen LogP contribution in [-0.2, 0) is 4.79 Å². The Kier molecular flexibility index (Phi) is 5.07. The summed E-state index contributed by atoms with van der Waals surface area (Å²) in [6, 6.07) is 3.83. The van der Waals surface area contributed by atoms with Crippen molar-refractivity contribution in [1.82, 2.24) is 0 Å². The van der Waals surface area contributed by atoms with Crippen LogP contribution in [0.3, 0.4) is 0 Å². The summed E-state index contributed by atoms with van der Waals surface area (Å²) >= 11 is 5.27. The molecule has 1 aromatic carbocycles. The third-order valence-corrected chi connectivity index (χ3v) is 2.93. The van der Waals surface area contributed by atoms with E-state index in [1.165, 1.54) is 18.2 Å². The van der Waals surface area contributed by atoms with Gasteiger partial charge in [-0.3, -0.25) is 9.59 Å². The molecule has 19 heavy (non-hydrogen) atoms. The van der Waals surface area contributed by atoms with Crippen LogP contribution in [0.2, 0.25) is 5.02 Å². The number of nitrogens with one attached hydrogen (secondary N) is 1. The molecule has 0 fully saturated rings. The van der Waals surface area contributed by atoms with E-state index in [1.807, 2.05) is 0 Å². The van der Waals surface area contributed by atoms with E-state index < -0.39 is 34.8 Å². The molecule has 0 aliphatic rings. The van der Waals surface area contributed by atoms with Crippen molar-refractivity contribution >= 4 is 40.9 Å². The van der Waals surface area contributed by atoms with E-state index in [4.69, 9.17) is 17.3 Å². The zero-order chi connectivity index (χ0) is 14.6. The molecule has 4 nitrogen and oxygen atoms in total. The van der Waals surface area contributed by atoms with Gasteiger partial charge >= 0.3 is 5.51 Å². The lowest BCUT2D eigenvalue weighted by molar-refractivity contribution is -0.114. The molecular formula is C10H8ClF3N2O2S. The number of hydrogen-bond acceptors (Lipinski definition) is 3. The van der Waals surface area contributed by atoms with Crippen LogP contribution in [0.15, 0.2) is 18.2 Å². The Hall–Kier alpha value is -1.41. The number of carbonyl (C=O) groups excluding carboxylic acids is 2. The molecule has 0 heterocycles. The van der Waals surface area contributed by atoms with E-state index in [9.17, 15) is 22.8 Å². The molecule has 0 bridgehead atoms. The summed E-state index contributed by atoms with van der Waals surface area (Å²) in [5.74, 6) is -2.33. The summed E-state index contributed by atoms with van der Waals surface area (Å²) in [6.45, 7) is 0. The van der Waals surface area contributed by atoms with Crippen LogP contribution >= 0.6 is 23.4 Å². The van der Waals surface area contributed by atoms with Crippen LogP contribution in [0.4, 0.5) is 18.9 Å². The van der Waals surface area contributed by atoms with Gasteiger partial charge in [-0.2, -0.15) is 13.2 Å². The highest BCUT2D eigenvalue weighted by molar-refractivity contribution is 8.00. The first-order valence-electron chi connectivity index (χ1n) is 4.79. The second-order valence-electron chi connectivity index (χ2n) is 3.34. The fourth-order valence-corrected chi connectivity index (χ4v) is 1.78. The highest BCUT2D eigenvalue weighted by Gasteiger charge is 2.29. The van der Waals surface area contributed by atoms with Gasteiger partial charge in [0.05, 0.1) is 16.3 Å². The number of halogens is 4. The second kappa shape index (κ2) is 6.16. The number of amides is 2. The topological polar surface area (TPSA) is 72.2 Å². The zero-order valence-corrected chi connectivity index (χ0v) is 10.8. The minimum atomic E-state index is -4.47. The fraction of sp³-hybridized carbons (Fsp3) is 0.200. The van der Waals surface area contributed by atoms with Crippen LogP contribution in [0.25, 0.3) is 0 Å². The van der Waals surface area contributed by atoms with E-state index in [-0.39, 0.29) is 16.3 Å². The molecule has 0 aliphatic carbocycles. The van der Waals surface area contributed by atoms with Crippen molar-refractivity contribution in [2.45, 2.75) is 5.51 Å². The normalized spacial score (nSPS) is 11.2. The van der Waals surface area contributed by atoms with Gasteiger partial charge in [0.2, 0.25) is 11.8 Å². The quantitative estimate of drug-likeness (QED) is 0.897. The van der Waals surface area contributed by atoms with Crippen LogP contribution in [0, 0.1) is 0 Å². The molecule has 1 aromatic rings. The molecule has 0 aliphatic heterocycles. The van der Waals surface area contributed by atoms with Crippen molar-refractivity contribution in [3.8, 4) is 0 Å². The first-order chi connectivity index (χ1) is 8.69. The summed E-state index contributed by atoms with van der Waals surface area (Å²) in [5.41, 5.74) is 0.798. The standard InChI is InChI=1S/C10H8ClF3N2O2S/c11-7-3-5(1-2-6(7)9(15)18)16-8(17)4-19-10(12,13)14/h1-3H,4H2,(H2,15,18)(H,16,17). The number of rotatable bonds is 4. The number of thioether (sulfide) groups is 1. The maximum Gasteiger partial charge on any atom is 0.442 e. The van der Waals surface area contributed by atoms with Gasteiger partial charge in [0, 0.05) is 5.69 Å². The lowest BCUT2D eigenvalue weighted by Crippen LogP contribution is -2.17. The van der Waals surface area contributed by atoms with Crippen LogP contribution in [0.1, 0.15) is 10.4 Å².